The van der Waals surface area contributed by atoms with Gasteiger partial charge < -0.3 is 5.32 Å². The largest absolute Gasteiger partial charge is 0.368 e. The average molecular weight is 176 g/mol. The Balaban J connectivity index is 2.12. The van der Waals surface area contributed by atoms with Gasteiger partial charge >= 0.3 is 0 Å². The zero-order chi connectivity index (χ0) is 9.26. The van der Waals surface area contributed by atoms with E-state index in [1.165, 1.54) is 18.5 Å². The minimum Gasteiger partial charge on any atom is -0.368 e. The Hall–Kier alpha value is -1.05. The number of nitrogens with zero attached hydrogens (tertiary/aromatic N) is 1. The fraction of sp³-hybridized carbons (Fsp3) is 0.545. The number of aromatic nitrogens is 1. The molecule has 1 saturated carbocycles. The maximum Gasteiger partial charge on any atom is 0.126 e. The quantitative estimate of drug-likeness (QED) is 0.766. The molecule has 1 N–H and O–H groups in total. The first-order valence-electron chi connectivity index (χ1n) is 4.99. The molecule has 1 fully saturated rings. The summed E-state index contributed by atoms with van der Waals surface area (Å²) in [6, 6.07) is 6.71. The van der Waals surface area contributed by atoms with Crippen molar-refractivity contribution in [2.24, 2.45) is 0 Å². The van der Waals surface area contributed by atoms with Crippen molar-refractivity contribution in [1.82, 2.24) is 4.98 Å². The van der Waals surface area contributed by atoms with Crippen molar-refractivity contribution >= 4 is 5.82 Å². The molecular formula is C11H16N2. The molecule has 1 aliphatic rings. The highest BCUT2D eigenvalue weighted by molar-refractivity contribution is 5.37. The highest BCUT2D eigenvalue weighted by Gasteiger charge is 2.24. The van der Waals surface area contributed by atoms with Crippen LogP contribution in [0.4, 0.5) is 5.82 Å². The third-order valence-electron chi connectivity index (χ3n) is 2.20. The molecule has 2 nitrogen and oxygen atoms in total. The van der Waals surface area contributed by atoms with Crippen LogP contribution in [0, 0.1) is 0 Å². The lowest BCUT2D eigenvalue weighted by Crippen LogP contribution is -2.11. The minimum absolute atomic E-state index is 0.460. The fourth-order valence-corrected chi connectivity index (χ4v) is 1.43. The first kappa shape index (κ1) is 8.54. The van der Waals surface area contributed by atoms with E-state index in [2.05, 4.69) is 36.3 Å². The van der Waals surface area contributed by atoms with Crippen LogP contribution in [-0.4, -0.2) is 11.0 Å². The molecule has 0 aliphatic heterocycles. The SMILES string of the molecule is CC(C)Nc1cccc(C2CC2)n1. The Morgan fingerprint density at radius 2 is 2.15 bits per heavy atom. The molecule has 13 heavy (non-hydrogen) atoms. The number of rotatable bonds is 3. The predicted octanol–water partition coefficient (Wildman–Crippen LogP) is 2.78. The smallest absolute Gasteiger partial charge is 0.126 e. The molecule has 1 aromatic rings. The molecule has 1 aromatic heterocycles. The lowest BCUT2D eigenvalue weighted by Gasteiger charge is -2.09. The van der Waals surface area contributed by atoms with Gasteiger partial charge in [0.05, 0.1) is 0 Å². The van der Waals surface area contributed by atoms with E-state index in [0.717, 1.165) is 11.7 Å². The van der Waals surface area contributed by atoms with E-state index in [4.69, 9.17) is 0 Å². The topological polar surface area (TPSA) is 24.9 Å². The van der Waals surface area contributed by atoms with E-state index in [1.54, 1.807) is 0 Å². The van der Waals surface area contributed by atoms with Crippen LogP contribution >= 0.6 is 0 Å². The molecule has 0 radical (unpaired) electrons. The second-order valence-electron chi connectivity index (χ2n) is 4.02. The summed E-state index contributed by atoms with van der Waals surface area (Å²) in [5, 5.41) is 3.32. The number of nitrogens with one attached hydrogen (secondary N) is 1. The highest BCUT2D eigenvalue weighted by atomic mass is 15.0. The first-order chi connectivity index (χ1) is 6.25. The number of hydrogen-bond acceptors (Lipinski definition) is 2. The fourth-order valence-electron chi connectivity index (χ4n) is 1.43. The molecule has 2 heteroatoms. The van der Waals surface area contributed by atoms with Gasteiger partial charge in [0.1, 0.15) is 5.82 Å². The van der Waals surface area contributed by atoms with Gasteiger partial charge in [0.15, 0.2) is 0 Å². The second kappa shape index (κ2) is 3.36. The Kier molecular flexibility index (Phi) is 2.21. The van der Waals surface area contributed by atoms with Gasteiger partial charge in [-0.15, -0.1) is 0 Å². The zero-order valence-corrected chi connectivity index (χ0v) is 8.25. The molecule has 1 heterocycles. The third kappa shape index (κ3) is 2.20. The molecule has 0 unspecified atom stereocenters. The van der Waals surface area contributed by atoms with Crippen molar-refractivity contribution in [3.05, 3.63) is 23.9 Å². The van der Waals surface area contributed by atoms with Crippen molar-refractivity contribution < 1.29 is 0 Å². The van der Waals surface area contributed by atoms with Crippen LogP contribution in [0.3, 0.4) is 0 Å². The van der Waals surface area contributed by atoms with E-state index >= 15 is 0 Å². The number of pyridine rings is 1. The summed E-state index contributed by atoms with van der Waals surface area (Å²) in [5.74, 6) is 1.76. The molecule has 0 amide bonds. The molecule has 0 atom stereocenters. The standard InChI is InChI=1S/C11H16N2/c1-8(2)12-11-5-3-4-10(13-11)9-6-7-9/h3-5,8-9H,6-7H2,1-2H3,(H,12,13). The molecule has 1 aliphatic carbocycles. The van der Waals surface area contributed by atoms with Crippen LogP contribution in [0.25, 0.3) is 0 Å². The number of hydrogen-bond donors (Lipinski definition) is 1. The van der Waals surface area contributed by atoms with Gasteiger partial charge in [-0.05, 0) is 38.8 Å². The molecular weight excluding hydrogens is 160 g/mol. The summed E-state index contributed by atoms with van der Waals surface area (Å²) in [6.07, 6.45) is 2.64. The lowest BCUT2D eigenvalue weighted by atomic mass is 10.2. The van der Waals surface area contributed by atoms with E-state index in [1.807, 2.05) is 6.07 Å². The summed E-state index contributed by atoms with van der Waals surface area (Å²) in [5.41, 5.74) is 1.26. The third-order valence-corrected chi connectivity index (χ3v) is 2.20. The van der Waals surface area contributed by atoms with Crippen LogP contribution in [0.2, 0.25) is 0 Å². The zero-order valence-electron chi connectivity index (χ0n) is 8.25. The Bertz CT molecular complexity index is 290. The number of anilines is 1. The van der Waals surface area contributed by atoms with E-state index in [-0.39, 0.29) is 0 Å². The Morgan fingerprint density at radius 3 is 2.77 bits per heavy atom. The summed E-state index contributed by atoms with van der Waals surface area (Å²) < 4.78 is 0. The van der Waals surface area contributed by atoms with Crippen LogP contribution in [0.1, 0.15) is 38.3 Å². The van der Waals surface area contributed by atoms with Gasteiger partial charge in [0, 0.05) is 17.7 Å². The van der Waals surface area contributed by atoms with E-state index < -0.39 is 0 Å². The molecule has 0 saturated heterocycles. The summed E-state index contributed by atoms with van der Waals surface area (Å²) >= 11 is 0. The highest BCUT2D eigenvalue weighted by Crippen LogP contribution is 2.39. The van der Waals surface area contributed by atoms with Crippen LogP contribution in [-0.2, 0) is 0 Å². The molecule has 0 spiro atoms. The van der Waals surface area contributed by atoms with Crippen molar-refractivity contribution in [1.29, 1.82) is 0 Å². The van der Waals surface area contributed by atoms with Crippen molar-refractivity contribution in [3.63, 3.8) is 0 Å². The van der Waals surface area contributed by atoms with Gasteiger partial charge in [0.2, 0.25) is 0 Å². The minimum atomic E-state index is 0.460. The van der Waals surface area contributed by atoms with Gasteiger partial charge in [-0.25, -0.2) is 4.98 Å². The van der Waals surface area contributed by atoms with E-state index in [0.29, 0.717) is 6.04 Å². The lowest BCUT2D eigenvalue weighted by molar-refractivity contribution is 0.881. The molecule has 70 valence electrons. The Labute approximate surface area is 79.4 Å². The maximum atomic E-state index is 4.56. The average Bonchev–Trinajstić information content (AvgIpc) is 2.85. The van der Waals surface area contributed by atoms with Crippen LogP contribution in [0.5, 0.6) is 0 Å². The van der Waals surface area contributed by atoms with Gasteiger partial charge in [-0.1, -0.05) is 6.07 Å². The normalized spacial score (nSPS) is 16.2. The molecule has 0 bridgehead atoms. The van der Waals surface area contributed by atoms with Crippen molar-refractivity contribution in [2.75, 3.05) is 5.32 Å². The summed E-state index contributed by atoms with van der Waals surface area (Å²) in [4.78, 5) is 4.56. The molecule has 0 aromatic carbocycles. The van der Waals surface area contributed by atoms with Crippen LogP contribution < -0.4 is 5.32 Å². The first-order valence-corrected chi connectivity index (χ1v) is 4.99. The molecule has 2 rings (SSSR count). The predicted molar refractivity (Wildman–Crippen MR) is 55.0 cm³/mol. The van der Waals surface area contributed by atoms with Crippen molar-refractivity contribution in [2.45, 2.75) is 38.6 Å². The second-order valence-corrected chi connectivity index (χ2v) is 4.02. The van der Waals surface area contributed by atoms with Gasteiger partial charge in [-0.2, -0.15) is 0 Å². The van der Waals surface area contributed by atoms with E-state index in [9.17, 15) is 0 Å². The van der Waals surface area contributed by atoms with Gasteiger partial charge in [-0.3, -0.25) is 0 Å². The Morgan fingerprint density at radius 1 is 1.38 bits per heavy atom. The monoisotopic (exact) mass is 176 g/mol. The summed E-state index contributed by atoms with van der Waals surface area (Å²) in [7, 11) is 0. The summed E-state index contributed by atoms with van der Waals surface area (Å²) in [6.45, 7) is 4.26. The van der Waals surface area contributed by atoms with Gasteiger partial charge in [0.25, 0.3) is 0 Å². The van der Waals surface area contributed by atoms with Crippen molar-refractivity contribution in [3.8, 4) is 0 Å². The van der Waals surface area contributed by atoms with Crippen LogP contribution in [0.15, 0.2) is 18.2 Å². The maximum absolute atomic E-state index is 4.56.